The maximum absolute atomic E-state index is 12.0. The van der Waals surface area contributed by atoms with Gasteiger partial charge in [0.05, 0.1) is 6.61 Å². The minimum absolute atomic E-state index is 0.136. The summed E-state index contributed by atoms with van der Waals surface area (Å²) in [7, 11) is -2.28. The topological polar surface area (TPSA) is 95.9 Å². The van der Waals surface area contributed by atoms with Gasteiger partial charge in [-0.3, -0.25) is 4.79 Å². The Morgan fingerprint density at radius 1 is 1.56 bits per heavy atom. The van der Waals surface area contributed by atoms with Gasteiger partial charge < -0.3 is 9.84 Å². The highest BCUT2D eigenvalue weighted by Crippen LogP contribution is 2.24. The van der Waals surface area contributed by atoms with Crippen molar-refractivity contribution in [1.82, 2.24) is 9.03 Å². The van der Waals surface area contributed by atoms with E-state index in [2.05, 4.69) is 4.72 Å². The number of carbonyl (C=O) groups is 1. The molecule has 0 aromatic carbocycles. The summed E-state index contributed by atoms with van der Waals surface area (Å²) in [6, 6.07) is -0.978. The highest BCUT2D eigenvalue weighted by molar-refractivity contribution is 7.87. The van der Waals surface area contributed by atoms with E-state index in [1.807, 2.05) is 6.92 Å². The van der Waals surface area contributed by atoms with E-state index < -0.39 is 22.2 Å². The molecule has 8 heteroatoms. The summed E-state index contributed by atoms with van der Waals surface area (Å²) in [6.45, 7) is 2.55. The highest BCUT2D eigenvalue weighted by atomic mass is 32.2. The second-order valence-corrected chi connectivity index (χ2v) is 6.19. The fraction of sp³-hybridized carbons (Fsp3) is 0.900. The molecule has 2 unspecified atom stereocenters. The van der Waals surface area contributed by atoms with Crippen LogP contribution in [0.3, 0.4) is 0 Å². The van der Waals surface area contributed by atoms with E-state index in [1.165, 1.54) is 7.11 Å². The standard InChI is InChI=1S/C10H20N2O5S/c1-8-3-5-12(9(7-8)10(13)14)18(15,16)11-4-6-17-2/h8-9,11H,3-7H2,1-2H3,(H,13,14). The maximum Gasteiger partial charge on any atom is 0.322 e. The van der Waals surface area contributed by atoms with E-state index in [4.69, 9.17) is 9.84 Å². The molecule has 1 fully saturated rings. The summed E-state index contributed by atoms with van der Waals surface area (Å²) >= 11 is 0. The first-order valence-corrected chi connectivity index (χ1v) is 7.30. The van der Waals surface area contributed by atoms with Crippen molar-refractivity contribution in [2.24, 2.45) is 5.92 Å². The van der Waals surface area contributed by atoms with Crippen LogP contribution in [0.2, 0.25) is 0 Å². The van der Waals surface area contributed by atoms with Gasteiger partial charge in [0.15, 0.2) is 0 Å². The molecule has 0 aromatic heterocycles. The first kappa shape index (κ1) is 15.4. The van der Waals surface area contributed by atoms with Gasteiger partial charge in [-0.15, -0.1) is 0 Å². The number of nitrogens with zero attached hydrogens (tertiary/aromatic N) is 1. The van der Waals surface area contributed by atoms with Crippen molar-refractivity contribution < 1.29 is 23.1 Å². The fourth-order valence-electron chi connectivity index (χ4n) is 1.99. The van der Waals surface area contributed by atoms with E-state index in [0.717, 1.165) is 4.31 Å². The SMILES string of the molecule is COCCNS(=O)(=O)N1CCC(C)CC1C(=O)O. The molecule has 106 valence electrons. The van der Waals surface area contributed by atoms with Crippen LogP contribution in [-0.4, -0.2) is 56.6 Å². The highest BCUT2D eigenvalue weighted by Gasteiger charge is 2.38. The average Bonchev–Trinajstić information content (AvgIpc) is 2.28. The zero-order chi connectivity index (χ0) is 13.8. The Morgan fingerprint density at radius 3 is 2.78 bits per heavy atom. The Hall–Kier alpha value is -0.700. The first-order valence-electron chi connectivity index (χ1n) is 5.86. The molecule has 0 spiro atoms. The van der Waals surface area contributed by atoms with Crippen LogP contribution in [-0.2, 0) is 19.7 Å². The van der Waals surface area contributed by atoms with Gasteiger partial charge >= 0.3 is 5.97 Å². The summed E-state index contributed by atoms with van der Waals surface area (Å²) in [5.74, 6) is -0.879. The van der Waals surface area contributed by atoms with Gasteiger partial charge in [-0.05, 0) is 18.8 Å². The fourth-order valence-corrected chi connectivity index (χ4v) is 3.35. The number of rotatable bonds is 6. The minimum Gasteiger partial charge on any atom is -0.480 e. The Morgan fingerprint density at radius 2 is 2.22 bits per heavy atom. The minimum atomic E-state index is -3.75. The van der Waals surface area contributed by atoms with E-state index in [-0.39, 0.29) is 25.6 Å². The van der Waals surface area contributed by atoms with Crippen LogP contribution in [0.1, 0.15) is 19.8 Å². The lowest BCUT2D eigenvalue weighted by Crippen LogP contribution is -2.53. The Labute approximate surface area is 107 Å². The quantitative estimate of drug-likeness (QED) is 0.648. The van der Waals surface area contributed by atoms with Gasteiger partial charge in [-0.25, -0.2) is 0 Å². The molecule has 1 saturated heterocycles. The number of hydrogen-bond donors (Lipinski definition) is 2. The van der Waals surface area contributed by atoms with Crippen LogP contribution < -0.4 is 4.72 Å². The van der Waals surface area contributed by atoms with Crippen molar-refractivity contribution in [2.45, 2.75) is 25.8 Å². The molecule has 1 rings (SSSR count). The molecule has 0 radical (unpaired) electrons. The van der Waals surface area contributed by atoms with Gasteiger partial charge in [0.25, 0.3) is 10.2 Å². The summed E-state index contributed by atoms with van der Waals surface area (Å²) in [5, 5.41) is 9.10. The smallest absolute Gasteiger partial charge is 0.322 e. The van der Waals surface area contributed by atoms with Crippen LogP contribution >= 0.6 is 0 Å². The van der Waals surface area contributed by atoms with Gasteiger partial charge in [-0.1, -0.05) is 6.92 Å². The van der Waals surface area contributed by atoms with E-state index >= 15 is 0 Å². The van der Waals surface area contributed by atoms with Crippen molar-refractivity contribution in [3.63, 3.8) is 0 Å². The molecule has 7 nitrogen and oxygen atoms in total. The third kappa shape index (κ3) is 3.91. The van der Waals surface area contributed by atoms with E-state index in [1.54, 1.807) is 0 Å². The molecular formula is C10H20N2O5S. The molecular weight excluding hydrogens is 260 g/mol. The van der Waals surface area contributed by atoms with Crippen LogP contribution in [0.25, 0.3) is 0 Å². The zero-order valence-electron chi connectivity index (χ0n) is 10.6. The molecule has 0 saturated carbocycles. The molecule has 2 N–H and O–H groups in total. The Kier molecular flexibility index (Phi) is 5.51. The molecule has 0 bridgehead atoms. The van der Waals surface area contributed by atoms with Crippen LogP contribution in [0, 0.1) is 5.92 Å². The Bertz CT molecular complexity index is 384. The zero-order valence-corrected chi connectivity index (χ0v) is 11.4. The second-order valence-electron chi connectivity index (χ2n) is 4.49. The summed E-state index contributed by atoms with van der Waals surface area (Å²) in [4.78, 5) is 11.1. The molecule has 0 amide bonds. The predicted octanol–water partition coefficient (Wildman–Crippen LogP) is -0.348. The van der Waals surface area contributed by atoms with E-state index in [0.29, 0.717) is 12.8 Å². The van der Waals surface area contributed by atoms with Gasteiger partial charge in [-0.2, -0.15) is 17.4 Å². The number of carboxylic acids is 1. The average molecular weight is 280 g/mol. The molecule has 1 aliphatic heterocycles. The van der Waals surface area contributed by atoms with Crippen molar-refractivity contribution in [2.75, 3.05) is 26.8 Å². The van der Waals surface area contributed by atoms with Crippen molar-refractivity contribution in [1.29, 1.82) is 0 Å². The number of carboxylic acid groups (broad SMARTS) is 1. The third-order valence-electron chi connectivity index (χ3n) is 3.00. The van der Waals surface area contributed by atoms with Crippen LogP contribution in [0.15, 0.2) is 0 Å². The lowest BCUT2D eigenvalue weighted by atomic mass is 9.94. The summed E-state index contributed by atoms with van der Waals surface area (Å²) < 4.78 is 32.1. The number of hydrogen-bond acceptors (Lipinski definition) is 4. The molecule has 1 heterocycles. The van der Waals surface area contributed by atoms with Crippen LogP contribution in [0.4, 0.5) is 0 Å². The largest absolute Gasteiger partial charge is 0.480 e. The molecule has 18 heavy (non-hydrogen) atoms. The number of nitrogens with one attached hydrogen (secondary N) is 1. The number of piperidine rings is 1. The molecule has 0 aromatic rings. The molecule has 0 aliphatic carbocycles. The monoisotopic (exact) mass is 280 g/mol. The normalized spacial score (nSPS) is 26.1. The van der Waals surface area contributed by atoms with Crippen molar-refractivity contribution in [3.8, 4) is 0 Å². The molecule has 1 aliphatic rings. The lowest BCUT2D eigenvalue weighted by Gasteiger charge is -2.34. The van der Waals surface area contributed by atoms with Crippen molar-refractivity contribution in [3.05, 3.63) is 0 Å². The second kappa shape index (κ2) is 6.46. The lowest BCUT2D eigenvalue weighted by molar-refractivity contribution is -0.143. The van der Waals surface area contributed by atoms with Gasteiger partial charge in [0, 0.05) is 20.2 Å². The summed E-state index contributed by atoms with van der Waals surface area (Å²) in [5.41, 5.74) is 0. The number of ether oxygens (including phenoxy) is 1. The maximum atomic E-state index is 12.0. The van der Waals surface area contributed by atoms with Gasteiger partial charge in [0.1, 0.15) is 6.04 Å². The Balaban J connectivity index is 2.75. The van der Waals surface area contributed by atoms with Crippen LogP contribution in [0.5, 0.6) is 0 Å². The third-order valence-corrected chi connectivity index (χ3v) is 4.62. The van der Waals surface area contributed by atoms with Gasteiger partial charge in [0.2, 0.25) is 0 Å². The van der Waals surface area contributed by atoms with Crippen molar-refractivity contribution >= 4 is 16.2 Å². The first-order chi connectivity index (χ1) is 8.38. The predicted molar refractivity (Wildman–Crippen MR) is 65.3 cm³/mol. The summed E-state index contributed by atoms with van der Waals surface area (Å²) in [6.07, 6.45) is 1.02. The number of aliphatic carboxylic acids is 1. The molecule has 2 atom stereocenters. The van der Waals surface area contributed by atoms with E-state index in [9.17, 15) is 13.2 Å². The number of methoxy groups -OCH3 is 1.